The maximum absolute atomic E-state index is 12.6. The maximum atomic E-state index is 12.6. The molecule has 0 bridgehead atoms. The first-order valence-electron chi connectivity index (χ1n) is 8.20. The maximum Gasteiger partial charge on any atom is 1.00 e. The van der Waals surface area contributed by atoms with Crippen molar-refractivity contribution in [2.45, 2.75) is 33.9 Å². The number of carboxylic acids is 1. The van der Waals surface area contributed by atoms with Crippen molar-refractivity contribution in [3.8, 4) is 0 Å². The van der Waals surface area contributed by atoms with Gasteiger partial charge in [-0.3, -0.25) is 11.1 Å². The van der Waals surface area contributed by atoms with Crippen LogP contribution in [0.25, 0.3) is 0 Å². The Morgan fingerprint density at radius 1 is 1.15 bits per heavy atom. The summed E-state index contributed by atoms with van der Waals surface area (Å²) < 4.78 is 34.0. The number of carbonyl (C=O) groups is 3. The molecule has 1 aromatic heterocycles. The summed E-state index contributed by atoms with van der Waals surface area (Å²) in [5.74, 6) is -3.95. The van der Waals surface area contributed by atoms with Gasteiger partial charge in [-0.1, -0.05) is 6.92 Å². The van der Waals surface area contributed by atoms with E-state index in [4.69, 9.17) is 15.0 Å². The Labute approximate surface area is 230 Å². The van der Waals surface area contributed by atoms with Gasteiger partial charge in [0.15, 0.2) is 5.82 Å². The molecule has 1 rings (SSSR count). The molecular weight excluding hydrogens is 593 g/mol. The fraction of sp³-hybridized carbons (Fsp3) is 0.471. The van der Waals surface area contributed by atoms with E-state index in [0.717, 1.165) is 13.3 Å². The largest absolute Gasteiger partial charge is 1.00 e. The monoisotopic (exact) mass is 619 g/mol. The van der Waals surface area contributed by atoms with Crippen molar-refractivity contribution in [2.24, 2.45) is 5.73 Å². The molecule has 0 saturated heterocycles. The third kappa shape index (κ3) is 35.5. The molecule has 0 fully saturated rings. The standard InChI is InChI=1S/C7H11FO4.C4HBr2FN2.C2H4O2.C2H5O.CH4N2.CH3.Na/c1-3-11-6(9)5(8)7(10)12-4-2;5-3-2(7)4(6)9-1-8-3;1-2(3)4;1-2-3;2-1-3;;/h5H,3-4H2,1-2H3;1H;1H3,(H,3,4);2H2,1H3;1H,(H3,2,3);1H3;/q;;;-1;;-1;+1. The van der Waals surface area contributed by atoms with E-state index in [1.165, 1.54) is 20.2 Å². The molecule has 0 spiro atoms. The van der Waals surface area contributed by atoms with E-state index < -0.39 is 29.9 Å². The zero-order valence-corrected chi connectivity index (χ0v) is 24.4. The Bertz CT molecular complexity index is 609. The fourth-order valence-corrected chi connectivity index (χ4v) is 1.68. The smallest absolute Gasteiger partial charge is 0.855 e. The van der Waals surface area contributed by atoms with Crippen LogP contribution in [0.3, 0.4) is 0 Å². The predicted molar refractivity (Wildman–Crippen MR) is 115 cm³/mol. The Kier molecular flexibility index (Phi) is 45.2. The molecule has 1 heterocycles. The van der Waals surface area contributed by atoms with Crippen LogP contribution in [0.15, 0.2) is 15.5 Å². The van der Waals surface area contributed by atoms with Crippen LogP contribution < -0.4 is 50.9 Å². The molecule has 0 aliphatic heterocycles. The van der Waals surface area contributed by atoms with Crippen molar-refractivity contribution in [1.82, 2.24) is 9.97 Å². The van der Waals surface area contributed by atoms with Gasteiger partial charge in [0.25, 0.3) is 6.17 Å². The minimum absolute atomic E-state index is 0. The number of hydrogen-bond donors (Lipinski definition) is 2. The summed E-state index contributed by atoms with van der Waals surface area (Å²) in [6.45, 7) is 5.67. The number of nitrogens with two attached hydrogens (primary N) is 2. The van der Waals surface area contributed by atoms with E-state index in [0.29, 0.717) is 0 Å². The number of carboxylic acid groups (broad SMARTS) is 1. The van der Waals surface area contributed by atoms with E-state index in [9.17, 15) is 18.4 Å². The molecule has 0 atom stereocenters. The van der Waals surface area contributed by atoms with E-state index in [-0.39, 0.29) is 66.0 Å². The van der Waals surface area contributed by atoms with Crippen LogP contribution >= 0.6 is 31.9 Å². The van der Waals surface area contributed by atoms with Gasteiger partial charge >= 0.3 is 41.5 Å². The average molecular weight is 621 g/mol. The molecule has 0 aliphatic carbocycles. The molecule has 0 radical (unpaired) electrons. The Morgan fingerprint density at radius 2 is 1.39 bits per heavy atom. The van der Waals surface area contributed by atoms with Gasteiger partial charge < -0.3 is 31.9 Å². The predicted octanol–water partition coefficient (Wildman–Crippen LogP) is -4.10. The third-order valence-electron chi connectivity index (χ3n) is 1.69. The number of alkyl halides is 1. The summed E-state index contributed by atoms with van der Waals surface area (Å²) in [4.78, 5) is 37.1. The van der Waals surface area contributed by atoms with Crippen molar-refractivity contribution in [1.29, 1.82) is 0 Å². The van der Waals surface area contributed by atoms with Crippen LogP contribution in [0.5, 0.6) is 0 Å². The zero-order valence-electron chi connectivity index (χ0n) is 19.3. The van der Waals surface area contributed by atoms with Gasteiger partial charge in [0.05, 0.1) is 13.2 Å². The van der Waals surface area contributed by atoms with Crippen LogP contribution in [-0.4, -0.2) is 60.2 Å². The van der Waals surface area contributed by atoms with Crippen LogP contribution in [0.1, 0.15) is 27.7 Å². The minimum Gasteiger partial charge on any atom is -0.855 e. The summed E-state index contributed by atoms with van der Waals surface area (Å²) in [5, 5.41) is 22.3. The van der Waals surface area contributed by atoms with Crippen molar-refractivity contribution in [3.05, 3.63) is 28.8 Å². The van der Waals surface area contributed by atoms with Crippen molar-refractivity contribution in [3.63, 3.8) is 0 Å². The molecule has 4 N–H and O–H groups in total. The second-order valence-corrected chi connectivity index (χ2v) is 5.61. The number of carbonyl (C=O) groups excluding carboxylic acids is 3. The van der Waals surface area contributed by atoms with Gasteiger partial charge in [-0.15, -0.1) is 6.61 Å². The van der Waals surface area contributed by atoms with Gasteiger partial charge in [0, 0.05) is 5.97 Å². The Balaban J connectivity index is -0.0000000767. The molecule has 1 aromatic rings. The van der Waals surface area contributed by atoms with Crippen molar-refractivity contribution in [2.75, 3.05) is 19.8 Å². The van der Waals surface area contributed by atoms with Crippen molar-refractivity contribution < 1.29 is 77.8 Å². The molecule has 11 nitrogen and oxygen atoms in total. The zero-order chi connectivity index (χ0) is 25.4. The molecule has 188 valence electrons. The van der Waals surface area contributed by atoms with Gasteiger partial charge in [0.1, 0.15) is 15.5 Å². The second-order valence-electron chi connectivity index (χ2n) is 4.11. The number of nitrogens with zero attached hydrogens (tertiary/aromatic N) is 2. The van der Waals surface area contributed by atoms with Gasteiger partial charge in [-0.2, -0.15) is 0 Å². The number of aromatic nitrogens is 2. The first-order valence-corrected chi connectivity index (χ1v) is 9.79. The van der Waals surface area contributed by atoms with Crippen LogP contribution in [-0.2, 0) is 23.9 Å². The third-order valence-corrected chi connectivity index (χ3v) is 2.80. The van der Waals surface area contributed by atoms with E-state index >= 15 is 0 Å². The SMILES string of the molecule is CC(=O)[O-].CCOC(=O)C(F)C(=O)OCC.CC[O-].Fc1c(Br)ncnc1Br.NC=[NH2+].[CH3-].[Na+]. The molecule has 0 aliphatic rings. The van der Waals surface area contributed by atoms with Crippen LogP contribution in [0.4, 0.5) is 8.78 Å². The summed E-state index contributed by atoms with van der Waals surface area (Å²) in [6.07, 6.45) is -0.0538. The number of esters is 2. The van der Waals surface area contributed by atoms with E-state index in [1.54, 1.807) is 6.92 Å². The fourth-order valence-electron chi connectivity index (χ4n) is 0.856. The molecule has 33 heavy (non-hydrogen) atoms. The van der Waals surface area contributed by atoms with Crippen LogP contribution in [0.2, 0.25) is 0 Å². The summed E-state index contributed by atoms with van der Waals surface area (Å²) >= 11 is 5.78. The second kappa shape index (κ2) is 32.9. The summed E-state index contributed by atoms with van der Waals surface area (Å²) in [6, 6.07) is 0. The number of rotatable bonds is 4. The quantitative estimate of drug-likeness (QED) is 0.0635. The number of aliphatic carboxylic acids is 1. The molecule has 0 amide bonds. The van der Waals surface area contributed by atoms with Gasteiger partial charge in [-0.25, -0.2) is 28.3 Å². The Hall–Kier alpha value is -1.26. The molecular formula is C17H28Br2F2N4NaO7-. The molecule has 16 heteroatoms. The summed E-state index contributed by atoms with van der Waals surface area (Å²) in [7, 11) is 0. The first-order chi connectivity index (χ1) is 14.4. The normalized spacial score (nSPS) is 7.82. The minimum atomic E-state index is -2.31. The van der Waals surface area contributed by atoms with E-state index in [1.807, 2.05) is 0 Å². The number of halogens is 4. The first kappa shape index (κ1) is 45.3. The van der Waals surface area contributed by atoms with Gasteiger partial charge in [-0.05, 0) is 52.6 Å². The van der Waals surface area contributed by atoms with Crippen molar-refractivity contribution >= 4 is 56.1 Å². The van der Waals surface area contributed by atoms with Gasteiger partial charge in [0.2, 0.25) is 6.34 Å². The number of ether oxygens (including phenoxy) is 2. The number of hydrogen-bond acceptors (Lipinski definition) is 9. The summed E-state index contributed by atoms with van der Waals surface area (Å²) in [5.41, 5.74) is 4.50. The van der Waals surface area contributed by atoms with E-state index in [2.05, 4.69) is 62.4 Å². The average Bonchev–Trinajstić information content (AvgIpc) is 2.67. The Morgan fingerprint density at radius 3 is 1.58 bits per heavy atom. The van der Waals surface area contributed by atoms with Crippen LogP contribution in [0, 0.1) is 13.2 Å². The molecule has 0 aromatic carbocycles. The molecule has 0 unspecified atom stereocenters. The topological polar surface area (TPSA) is 193 Å². The molecule has 0 saturated carbocycles.